The maximum Gasteiger partial charge on any atom is 0.144 e. The van der Waals surface area contributed by atoms with Crippen molar-refractivity contribution in [2.45, 2.75) is 6.42 Å². The van der Waals surface area contributed by atoms with Crippen LogP contribution in [-0.4, -0.2) is 26.5 Å². The fraction of sp³-hybridized carbons (Fsp3) is 0.154. The molecule has 0 fully saturated rings. The fourth-order valence-electron chi connectivity index (χ4n) is 1.61. The van der Waals surface area contributed by atoms with Gasteiger partial charge in [0.1, 0.15) is 24.4 Å². The highest BCUT2D eigenvalue weighted by Gasteiger charge is 2.00. The molecule has 1 heterocycles. The van der Waals surface area contributed by atoms with Gasteiger partial charge in [0.05, 0.1) is 0 Å². The molecule has 0 unspecified atom stereocenters. The summed E-state index contributed by atoms with van der Waals surface area (Å²) in [6.45, 7) is 0.112. The summed E-state index contributed by atoms with van der Waals surface area (Å²) in [6, 6.07) is 9.75. The quantitative estimate of drug-likeness (QED) is 0.818. The first-order valence-electron chi connectivity index (χ1n) is 5.50. The Kier molecular flexibility index (Phi) is 3.84. The number of nitrogens with zero attached hydrogens (tertiary/aromatic N) is 4. The minimum absolute atomic E-state index is 0.112. The van der Waals surface area contributed by atoms with Crippen LogP contribution in [-0.2, 0) is 6.42 Å². The van der Waals surface area contributed by atoms with Crippen molar-refractivity contribution >= 4 is 11.8 Å². The molecule has 0 atom stereocenters. The summed E-state index contributed by atoms with van der Waals surface area (Å²) in [5, 5.41) is 21.9. The first-order valence-corrected chi connectivity index (χ1v) is 5.50. The van der Waals surface area contributed by atoms with E-state index >= 15 is 0 Å². The van der Waals surface area contributed by atoms with Crippen LogP contribution in [0.4, 0.5) is 0 Å². The molecule has 0 aliphatic rings. The molecule has 0 aliphatic heterocycles. The Labute approximate surface area is 105 Å². The zero-order valence-electron chi connectivity index (χ0n) is 9.69. The third kappa shape index (κ3) is 2.81. The van der Waals surface area contributed by atoms with Crippen molar-refractivity contribution in [1.82, 2.24) is 14.8 Å². The van der Waals surface area contributed by atoms with E-state index in [-0.39, 0.29) is 6.61 Å². The third-order valence-corrected chi connectivity index (χ3v) is 2.44. The van der Waals surface area contributed by atoms with Gasteiger partial charge in [0.15, 0.2) is 0 Å². The molecule has 18 heavy (non-hydrogen) atoms. The average molecular weight is 240 g/mol. The number of nitriles is 1. The van der Waals surface area contributed by atoms with Gasteiger partial charge < -0.3 is 5.11 Å². The standard InChI is InChI=1S/C13H12N4O/c14-8-13(17-10-15-9-16-17)7-12-3-1-2-11(6-12)4-5-18/h1-3,6-7,9-10,18H,4-5H2/b13-7-. The van der Waals surface area contributed by atoms with E-state index in [4.69, 9.17) is 10.4 Å². The SMILES string of the molecule is N#C/C(=C/c1cccc(CCO)c1)n1cncn1. The van der Waals surface area contributed by atoms with Crippen molar-refractivity contribution in [1.29, 1.82) is 5.26 Å². The highest BCUT2D eigenvalue weighted by molar-refractivity contribution is 5.78. The van der Waals surface area contributed by atoms with Gasteiger partial charge >= 0.3 is 0 Å². The summed E-state index contributed by atoms with van der Waals surface area (Å²) in [5.74, 6) is 0. The monoisotopic (exact) mass is 240 g/mol. The molecule has 0 spiro atoms. The maximum atomic E-state index is 9.08. The summed E-state index contributed by atoms with van der Waals surface area (Å²) in [4.78, 5) is 3.81. The minimum Gasteiger partial charge on any atom is -0.396 e. The lowest BCUT2D eigenvalue weighted by Gasteiger charge is -2.01. The largest absolute Gasteiger partial charge is 0.396 e. The molecule has 5 nitrogen and oxygen atoms in total. The molecule has 0 saturated heterocycles. The molecule has 90 valence electrons. The second kappa shape index (κ2) is 5.75. The second-order valence-electron chi connectivity index (χ2n) is 3.70. The van der Waals surface area contributed by atoms with E-state index in [0.717, 1.165) is 11.1 Å². The van der Waals surface area contributed by atoms with Gasteiger partial charge in [-0.25, -0.2) is 9.67 Å². The summed E-state index contributed by atoms with van der Waals surface area (Å²) in [6.07, 6.45) is 5.20. The number of hydrogen-bond acceptors (Lipinski definition) is 4. The lowest BCUT2D eigenvalue weighted by atomic mass is 10.1. The third-order valence-electron chi connectivity index (χ3n) is 2.44. The van der Waals surface area contributed by atoms with Crippen molar-refractivity contribution in [2.24, 2.45) is 0 Å². The number of allylic oxidation sites excluding steroid dienone is 1. The van der Waals surface area contributed by atoms with E-state index < -0.39 is 0 Å². The number of aromatic nitrogens is 3. The van der Waals surface area contributed by atoms with E-state index in [2.05, 4.69) is 16.2 Å². The van der Waals surface area contributed by atoms with Gasteiger partial charge in [0.2, 0.25) is 0 Å². The fourth-order valence-corrected chi connectivity index (χ4v) is 1.61. The van der Waals surface area contributed by atoms with E-state index in [1.54, 1.807) is 6.08 Å². The Bertz CT molecular complexity index is 581. The highest BCUT2D eigenvalue weighted by Crippen LogP contribution is 2.12. The van der Waals surface area contributed by atoms with Crippen molar-refractivity contribution in [3.8, 4) is 6.07 Å². The van der Waals surface area contributed by atoms with E-state index in [1.165, 1.54) is 17.3 Å². The van der Waals surface area contributed by atoms with Crippen LogP contribution in [0.1, 0.15) is 11.1 Å². The van der Waals surface area contributed by atoms with Crippen LogP contribution in [0.2, 0.25) is 0 Å². The van der Waals surface area contributed by atoms with Gasteiger partial charge in [-0.3, -0.25) is 0 Å². The van der Waals surface area contributed by atoms with Crippen LogP contribution >= 0.6 is 0 Å². The molecule has 2 aromatic rings. The number of aliphatic hydroxyl groups is 1. The molecule has 1 aromatic carbocycles. The zero-order chi connectivity index (χ0) is 12.8. The number of aliphatic hydroxyl groups excluding tert-OH is 1. The lowest BCUT2D eigenvalue weighted by Crippen LogP contribution is -1.95. The summed E-state index contributed by atoms with van der Waals surface area (Å²) in [5.41, 5.74) is 2.32. The van der Waals surface area contributed by atoms with Crippen molar-refractivity contribution in [2.75, 3.05) is 6.61 Å². The van der Waals surface area contributed by atoms with Crippen LogP contribution < -0.4 is 0 Å². The highest BCUT2D eigenvalue weighted by atomic mass is 16.2. The molecular formula is C13H12N4O. The van der Waals surface area contributed by atoms with Crippen molar-refractivity contribution in [3.05, 3.63) is 48.0 Å². The van der Waals surface area contributed by atoms with Crippen molar-refractivity contribution in [3.63, 3.8) is 0 Å². The molecule has 1 N–H and O–H groups in total. The topological polar surface area (TPSA) is 74.7 Å². The van der Waals surface area contributed by atoms with Crippen LogP contribution in [0.15, 0.2) is 36.9 Å². The molecule has 0 aliphatic carbocycles. The molecule has 0 amide bonds. The molecular weight excluding hydrogens is 228 g/mol. The average Bonchev–Trinajstić information content (AvgIpc) is 2.90. The van der Waals surface area contributed by atoms with E-state index in [0.29, 0.717) is 12.1 Å². The number of benzene rings is 1. The van der Waals surface area contributed by atoms with Crippen LogP contribution in [0.25, 0.3) is 11.8 Å². The minimum atomic E-state index is 0.112. The molecule has 5 heteroatoms. The van der Waals surface area contributed by atoms with Crippen LogP contribution in [0, 0.1) is 11.3 Å². The number of hydrogen-bond donors (Lipinski definition) is 1. The molecule has 1 aromatic heterocycles. The summed E-state index contributed by atoms with van der Waals surface area (Å²) < 4.78 is 1.42. The van der Waals surface area contributed by atoms with E-state index in [9.17, 15) is 0 Å². The van der Waals surface area contributed by atoms with Gasteiger partial charge in [-0.15, -0.1) is 0 Å². The van der Waals surface area contributed by atoms with Gasteiger partial charge in [0.25, 0.3) is 0 Å². The van der Waals surface area contributed by atoms with Crippen LogP contribution in [0.5, 0.6) is 0 Å². The Hall–Kier alpha value is -2.45. The first kappa shape index (κ1) is 12.0. The Morgan fingerprint density at radius 1 is 1.50 bits per heavy atom. The zero-order valence-corrected chi connectivity index (χ0v) is 9.69. The molecule has 0 bridgehead atoms. The first-order chi connectivity index (χ1) is 8.83. The molecule has 2 rings (SSSR count). The summed E-state index contributed by atoms with van der Waals surface area (Å²) in [7, 11) is 0. The maximum absolute atomic E-state index is 9.08. The predicted octanol–water partition coefficient (Wildman–Crippen LogP) is 1.33. The van der Waals surface area contributed by atoms with Gasteiger partial charge in [-0.1, -0.05) is 24.3 Å². The Morgan fingerprint density at radius 3 is 3.06 bits per heavy atom. The smallest absolute Gasteiger partial charge is 0.144 e. The molecule has 0 radical (unpaired) electrons. The summed E-state index contributed by atoms with van der Waals surface area (Å²) >= 11 is 0. The number of rotatable bonds is 4. The Morgan fingerprint density at radius 2 is 2.39 bits per heavy atom. The van der Waals surface area contributed by atoms with Gasteiger partial charge in [-0.05, 0) is 23.6 Å². The lowest BCUT2D eigenvalue weighted by molar-refractivity contribution is 0.299. The predicted molar refractivity (Wildman–Crippen MR) is 67.0 cm³/mol. The normalized spacial score (nSPS) is 11.2. The second-order valence-corrected chi connectivity index (χ2v) is 3.70. The molecule has 0 saturated carbocycles. The van der Waals surface area contributed by atoms with Gasteiger partial charge in [-0.2, -0.15) is 10.4 Å². The Balaban J connectivity index is 2.31. The van der Waals surface area contributed by atoms with Crippen LogP contribution in [0.3, 0.4) is 0 Å². The van der Waals surface area contributed by atoms with E-state index in [1.807, 2.05) is 24.3 Å². The van der Waals surface area contributed by atoms with Gasteiger partial charge in [0, 0.05) is 6.61 Å². The van der Waals surface area contributed by atoms with Crippen molar-refractivity contribution < 1.29 is 5.11 Å².